The van der Waals surface area contributed by atoms with Crippen LogP contribution in [0.25, 0.3) is 0 Å². The molecular formula is C15H19N3O6. The molecular weight excluding hydrogens is 318 g/mol. The molecule has 0 fully saturated rings. The molecule has 0 aliphatic rings. The maximum Gasteiger partial charge on any atom is 0.336 e. The van der Waals surface area contributed by atoms with E-state index in [-0.39, 0.29) is 13.0 Å². The molecule has 1 rings (SSSR count). The normalized spacial score (nSPS) is 12.7. The van der Waals surface area contributed by atoms with Gasteiger partial charge >= 0.3 is 11.9 Å². The van der Waals surface area contributed by atoms with Gasteiger partial charge in [-0.3, -0.25) is 14.4 Å². The molecule has 0 radical (unpaired) electrons. The molecule has 0 unspecified atom stereocenters. The van der Waals surface area contributed by atoms with Crippen LogP contribution in [0.3, 0.4) is 0 Å². The van der Waals surface area contributed by atoms with E-state index in [2.05, 4.69) is 0 Å². The van der Waals surface area contributed by atoms with Crippen molar-refractivity contribution in [3.05, 3.63) is 35.9 Å². The summed E-state index contributed by atoms with van der Waals surface area (Å²) in [5.74, 6) is -4.19. The van der Waals surface area contributed by atoms with Gasteiger partial charge in [0, 0.05) is 6.42 Å². The highest BCUT2D eigenvalue weighted by molar-refractivity contribution is 6.08. The number of benzene rings is 1. The zero-order valence-electron chi connectivity index (χ0n) is 12.9. The van der Waals surface area contributed by atoms with Crippen molar-refractivity contribution in [1.82, 2.24) is 5.32 Å². The fourth-order valence-electron chi connectivity index (χ4n) is 1.79. The van der Waals surface area contributed by atoms with Gasteiger partial charge in [-0.05, 0) is 12.0 Å². The highest BCUT2D eigenvalue weighted by Crippen LogP contribution is 2.14. The van der Waals surface area contributed by atoms with Crippen LogP contribution >= 0.6 is 0 Å². The van der Waals surface area contributed by atoms with Crippen LogP contribution in [0.2, 0.25) is 0 Å². The maximum atomic E-state index is 12.2. The molecule has 0 saturated heterocycles. The van der Waals surface area contributed by atoms with E-state index in [1.54, 1.807) is 30.3 Å². The number of carboxylic acids is 1. The first kappa shape index (κ1) is 19.1. The molecule has 0 spiro atoms. The summed E-state index contributed by atoms with van der Waals surface area (Å²) in [5.41, 5.74) is 9.28. The fourth-order valence-corrected chi connectivity index (χ4v) is 1.79. The zero-order valence-corrected chi connectivity index (χ0v) is 12.9. The van der Waals surface area contributed by atoms with Crippen molar-refractivity contribution in [1.29, 1.82) is 0 Å². The van der Waals surface area contributed by atoms with Crippen LogP contribution in [-0.2, 0) is 30.5 Å². The van der Waals surface area contributed by atoms with E-state index in [0.29, 0.717) is 5.56 Å². The number of hydrogen-bond donors (Lipinski definition) is 4. The maximum absolute atomic E-state index is 12.2. The van der Waals surface area contributed by atoms with E-state index >= 15 is 0 Å². The van der Waals surface area contributed by atoms with Crippen LogP contribution in [0, 0.1) is 0 Å². The monoisotopic (exact) mass is 337 g/mol. The summed E-state index contributed by atoms with van der Waals surface area (Å²) >= 11 is 0. The number of hydrogen-bond acceptors (Lipinski definition) is 6. The first-order chi connectivity index (χ1) is 11.3. The molecule has 6 N–H and O–H groups in total. The van der Waals surface area contributed by atoms with Crippen molar-refractivity contribution in [2.24, 2.45) is 11.5 Å². The fraction of sp³-hybridized carbons (Fsp3) is 0.333. The third-order valence-electron chi connectivity index (χ3n) is 3.15. The lowest BCUT2D eigenvalue weighted by atomic mass is 9.93. The number of nitrogens with two attached hydrogens (primary N) is 2. The molecule has 0 bridgehead atoms. The topological polar surface area (TPSA) is 162 Å². The summed E-state index contributed by atoms with van der Waals surface area (Å²) in [4.78, 5) is 45.8. The summed E-state index contributed by atoms with van der Waals surface area (Å²) < 4.78 is 5.03. The zero-order chi connectivity index (χ0) is 18.2. The van der Waals surface area contributed by atoms with Gasteiger partial charge in [0.25, 0.3) is 5.91 Å². The molecule has 1 aromatic carbocycles. The summed E-state index contributed by atoms with van der Waals surface area (Å²) in [6.07, 6.45) is -0.737. The molecule has 130 valence electrons. The molecule has 1 aromatic rings. The number of ether oxygens (including phenoxy) is 1. The summed E-state index contributed by atoms with van der Waals surface area (Å²) in [6, 6.07) is 8.68. The molecule has 0 aromatic heterocycles. The van der Waals surface area contributed by atoms with Crippen LogP contribution in [0.5, 0.6) is 0 Å². The molecule has 24 heavy (non-hydrogen) atoms. The predicted octanol–water partition coefficient (Wildman–Crippen LogP) is -1.11. The quantitative estimate of drug-likeness (QED) is 0.328. The van der Waals surface area contributed by atoms with Gasteiger partial charge in [0.2, 0.25) is 5.91 Å². The molecule has 9 heteroatoms. The number of carbonyl (C=O) groups excluding carboxylic acids is 3. The minimum absolute atomic E-state index is 0.124. The molecule has 2 amide bonds. The van der Waals surface area contributed by atoms with E-state index in [9.17, 15) is 19.2 Å². The van der Waals surface area contributed by atoms with E-state index < -0.39 is 42.3 Å². The van der Waals surface area contributed by atoms with Gasteiger partial charge in [-0.1, -0.05) is 30.3 Å². The van der Waals surface area contributed by atoms with Crippen molar-refractivity contribution >= 4 is 23.8 Å². The van der Waals surface area contributed by atoms with E-state index in [4.69, 9.17) is 21.3 Å². The van der Waals surface area contributed by atoms with Gasteiger partial charge in [0.1, 0.15) is 13.2 Å². The Morgan fingerprint density at radius 3 is 2.33 bits per heavy atom. The Morgan fingerprint density at radius 1 is 1.17 bits per heavy atom. The van der Waals surface area contributed by atoms with E-state index in [0.717, 1.165) is 0 Å². The number of nitrogens with one attached hydrogen (secondary N) is 1. The van der Waals surface area contributed by atoms with Crippen molar-refractivity contribution < 1.29 is 29.0 Å². The van der Waals surface area contributed by atoms with Crippen LogP contribution in [-0.4, -0.2) is 40.9 Å². The third kappa shape index (κ3) is 5.69. The highest BCUT2D eigenvalue weighted by atomic mass is 16.5. The average molecular weight is 337 g/mol. The van der Waals surface area contributed by atoms with Crippen molar-refractivity contribution in [3.8, 4) is 0 Å². The first-order valence-corrected chi connectivity index (χ1v) is 7.04. The van der Waals surface area contributed by atoms with Crippen LogP contribution in [0.1, 0.15) is 18.4 Å². The minimum Gasteiger partial charge on any atom is -0.480 e. The van der Waals surface area contributed by atoms with Gasteiger partial charge in [0.15, 0.2) is 5.54 Å². The Kier molecular flexibility index (Phi) is 6.87. The number of carbonyl (C=O) groups is 4. The second kappa shape index (κ2) is 8.63. The van der Waals surface area contributed by atoms with Gasteiger partial charge < -0.3 is 26.6 Å². The summed E-state index contributed by atoms with van der Waals surface area (Å²) in [6.45, 7) is -0.846. The second-order valence-electron chi connectivity index (χ2n) is 5.08. The van der Waals surface area contributed by atoms with Crippen molar-refractivity contribution in [2.75, 3.05) is 6.54 Å². The molecule has 0 saturated carbocycles. The average Bonchev–Trinajstić information content (AvgIpc) is 2.56. The molecule has 0 heterocycles. The number of primary amides is 1. The van der Waals surface area contributed by atoms with Crippen LogP contribution in [0.15, 0.2) is 30.3 Å². The largest absolute Gasteiger partial charge is 0.480 e. The third-order valence-corrected chi connectivity index (χ3v) is 3.15. The molecule has 0 aliphatic carbocycles. The van der Waals surface area contributed by atoms with Crippen molar-refractivity contribution in [3.63, 3.8) is 0 Å². The summed E-state index contributed by atoms with van der Waals surface area (Å²) in [7, 11) is 0. The minimum atomic E-state index is -2.21. The van der Waals surface area contributed by atoms with Crippen LogP contribution < -0.4 is 16.8 Å². The lowest BCUT2D eigenvalue weighted by molar-refractivity contribution is -0.157. The Hall–Kier alpha value is -2.94. The van der Waals surface area contributed by atoms with E-state index in [1.807, 2.05) is 5.32 Å². The lowest BCUT2D eigenvalue weighted by Gasteiger charge is -2.25. The number of aliphatic carboxylic acids is 1. The van der Waals surface area contributed by atoms with Gasteiger partial charge in [-0.2, -0.15) is 0 Å². The lowest BCUT2D eigenvalue weighted by Crippen LogP contribution is -2.61. The predicted molar refractivity (Wildman–Crippen MR) is 82.2 cm³/mol. The molecule has 0 aliphatic heterocycles. The number of carboxylic acid groups (broad SMARTS) is 1. The first-order valence-electron chi connectivity index (χ1n) is 7.04. The smallest absolute Gasteiger partial charge is 0.336 e. The number of rotatable bonds is 9. The number of amides is 2. The van der Waals surface area contributed by atoms with E-state index in [1.165, 1.54) is 0 Å². The Bertz CT molecular complexity index is 619. The summed E-state index contributed by atoms with van der Waals surface area (Å²) in [5, 5.41) is 10.6. The molecule has 1 atom stereocenters. The van der Waals surface area contributed by atoms with Gasteiger partial charge in [0.05, 0.1) is 0 Å². The second-order valence-corrected chi connectivity index (χ2v) is 5.08. The Labute approximate surface area is 137 Å². The number of esters is 1. The standard InChI is InChI=1S/C15H19N3O6/c16-11(19)6-7-15(17,13(22)18-8-12(20)21)14(23)24-9-10-4-2-1-3-5-10/h1-5H,6-9,17H2,(H2,16,19)(H,18,22)(H,20,21)/t15-/m0/s1. The van der Waals surface area contributed by atoms with Gasteiger partial charge in [-0.15, -0.1) is 0 Å². The van der Waals surface area contributed by atoms with Crippen molar-refractivity contribution in [2.45, 2.75) is 25.0 Å². The van der Waals surface area contributed by atoms with Crippen LogP contribution in [0.4, 0.5) is 0 Å². The van der Waals surface area contributed by atoms with Gasteiger partial charge in [-0.25, -0.2) is 4.79 Å². The Morgan fingerprint density at radius 2 is 1.79 bits per heavy atom. The SMILES string of the molecule is NC(=O)CC[C@](N)(C(=O)NCC(=O)O)C(=O)OCc1ccccc1. The molecule has 9 nitrogen and oxygen atoms in total. The highest BCUT2D eigenvalue weighted by Gasteiger charge is 2.43. The Balaban J connectivity index is 2.81.